The Kier molecular flexibility index (Phi) is 5.98. The highest BCUT2D eigenvalue weighted by Gasteiger charge is 2.02. The molecule has 35 rings (SSSR count). The molecule has 0 aromatic heterocycles. The fraction of sp³-hybridized carbons (Fsp3) is 0. The Balaban J connectivity index is 1.47. The number of rotatable bonds is 0. The van der Waals surface area contributed by atoms with Gasteiger partial charge in [0.05, 0.1) is 0 Å². The van der Waals surface area contributed by atoms with E-state index in [0.29, 0.717) is 0 Å². The lowest BCUT2D eigenvalue weighted by molar-refractivity contribution is 1.78. The standard InChI is InChI=1S/C48H30/c1-13-37-14-2-31(1)32-3-15-38(16-4-32)46-28-47-30-48(29-46)42-23-11-36(12-24-42)34-7-19-40(20-8-34)45-26-43(37)25-44(27-45)39-17-5-33(6-18-39)35-9-21-41(47)22-10-35/h1-30H. The molecule has 0 saturated carbocycles. The van der Waals surface area contributed by atoms with Gasteiger partial charge in [-0.1, -0.05) is 146 Å². The zero-order valence-corrected chi connectivity index (χ0v) is 26.3. The maximum absolute atomic E-state index is 2.33. The fourth-order valence-corrected chi connectivity index (χ4v) is 7.39. The topological polar surface area (TPSA) is 0 Å². The van der Waals surface area contributed by atoms with Gasteiger partial charge in [0.15, 0.2) is 0 Å². The summed E-state index contributed by atoms with van der Waals surface area (Å²) in [4.78, 5) is 0. The van der Waals surface area contributed by atoms with Crippen molar-refractivity contribution >= 4 is 97.0 Å². The van der Waals surface area contributed by atoms with Crippen molar-refractivity contribution in [3.8, 4) is 0 Å². The molecule has 0 amide bonds. The molecule has 0 heterocycles. The summed E-state index contributed by atoms with van der Waals surface area (Å²) in [5.41, 5.74) is 0. The third-order valence-electron chi connectivity index (χ3n) is 10.2. The molecule has 35 aromatic rings. The highest BCUT2D eigenvalue weighted by Crippen LogP contribution is 2.29. The Morgan fingerprint density at radius 3 is 0.292 bits per heavy atom. The molecule has 0 N–H and O–H groups in total. The molecule has 0 aliphatic rings. The van der Waals surface area contributed by atoms with Gasteiger partial charge in [0.2, 0.25) is 0 Å². The van der Waals surface area contributed by atoms with Crippen molar-refractivity contribution in [3.05, 3.63) is 182 Å². The highest BCUT2D eigenvalue weighted by atomic mass is 14.1. The third kappa shape index (κ3) is 4.62. The largest absolute Gasteiger partial charge is 0.0538 e. The SMILES string of the molecule is c1cc2ccc1c1ccc(cc1)c1cc3cc(c1)c1ccc(cc1)c1ccc(cc1)c1cc2cc(c1)c1ccc(cc1)c1ccc3cc1. The van der Waals surface area contributed by atoms with Crippen molar-refractivity contribution in [2.75, 3.05) is 0 Å². The van der Waals surface area contributed by atoms with Crippen LogP contribution in [0.2, 0.25) is 0 Å². The van der Waals surface area contributed by atoms with Crippen molar-refractivity contribution in [2.45, 2.75) is 0 Å². The van der Waals surface area contributed by atoms with Gasteiger partial charge in [0, 0.05) is 0 Å². The van der Waals surface area contributed by atoms with E-state index in [2.05, 4.69) is 182 Å². The van der Waals surface area contributed by atoms with E-state index in [-0.39, 0.29) is 0 Å². The Morgan fingerprint density at radius 1 is 0.104 bits per heavy atom. The molecule has 0 aliphatic heterocycles. The molecule has 18 bridgehead atoms. The summed E-state index contributed by atoms with van der Waals surface area (Å²) in [6.07, 6.45) is 0. The van der Waals surface area contributed by atoms with Gasteiger partial charge in [-0.05, 0) is 133 Å². The van der Waals surface area contributed by atoms with E-state index >= 15 is 0 Å². The van der Waals surface area contributed by atoms with Crippen LogP contribution in [0.1, 0.15) is 0 Å². The molecule has 0 atom stereocenters. The van der Waals surface area contributed by atoms with E-state index < -0.39 is 0 Å². The molecular weight excluding hydrogens is 577 g/mol. The molecule has 0 fully saturated rings. The molecule has 0 radical (unpaired) electrons. The van der Waals surface area contributed by atoms with Crippen LogP contribution >= 0.6 is 0 Å². The smallest absolute Gasteiger partial charge is 0.0172 e. The van der Waals surface area contributed by atoms with Crippen molar-refractivity contribution in [3.63, 3.8) is 0 Å². The Morgan fingerprint density at radius 2 is 0.188 bits per heavy atom. The Bertz CT molecular complexity index is 2360. The van der Waals surface area contributed by atoms with Gasteiger partial charge in [-0.2, -0.15) is 0 Å². The fourth-order valence-electron chi connectivity index (χ4n) is 7.39. The monoisotopic (exact) mass is 606 g/mol. The zero-order chi connectivity index (χ0) is 31.6. The summed E-state index contributed by atoms with van der Waals surface area (Å²) < 4.78 is 0. The van der Waals surface area contributed by atoms with E-state index in [9.17, 15) is 0 Å². The number of benzene rings is 8. The van der Waals surface area contributed by atoms with Crippen LogP contribution in [0, 0.1) is 0 Å². The quantitative estimate of drug-likeness (QED) is 0.161. The van der Waals surface area contributed by atoms with E-state index in [1.807, 2.05) is 0 Å². The molecule has 0 heteroatoms. The zero-order valence-electron chi connectivity index (χ0n) is 26.3. The van der Waals surface area contributed by atoms with E-state index in [4.69, 9.17) is 0 Å². The van der Waals surface area contributed by atoms with Gasteiger partial charge < -0.3 is 0 Å². The summed E-state index contributed by atoms with van der Waals surface area (Å²) in [5.74, 6) is 0. The minimum atomic E-state index is 1.21. The minimum absolute atomic E-state index is 1.21. The maximum Gasteiger partial charge on any atom is -0.0172 e. The van der Waals surface area contributed by atoms with Crippen molar-refractivity contribution in [2.24, 2.45) is 0 Å². The van der Waals surface area contributed by atoms with Gasteiger partial charge in [0.1, 0.15) is 0 Å². The molecule has 222 valence electrons. The predicted molar refractivity (Wildman–Crippen MR) is 210 cm³/mol. The van der Waals surface area contributed by atoms with Crippen LogP contribution < -0.4 is 0 Å². The van der Waals surface area contributed by atoms with E-state index in [1.165, 1.54) is 97.0 Å². The molecule has 0 spiro atoms. The number of hydrogen-bond acceptors (Lipinski definition) is 0. The Labute approximate surface area is 278 Å². The summed E-state index contributed by atoms with van der Waals surface area (Å²) in [6.45, 7) is 0. The van der Waals surface area contributed by atoms with Crippen LogP contribution in [-0.4, -0.2) is 0 Å². The predicted octanol–water partition coefficient (Wildman–Crippen LogP) is 13.8. The molecule has 35 aromatic carbocycles. The molecule has 0 unspecified atom stereocenters. The molecule has 0 saturated heterocycles. The normalized spacial score (nSPS) is 11.8. The van der Waals surface area contributed by atoms with Gasteiger partial charge >= 0.3 is 0 Å². The van der Waals surface area contributed by atoms with Crippen LogP contribution in [-0.2, 0) is 0 Å². The second-order valence-corrected chi connectivity index (χ2v) is 13.1. The molecule has 48 heavy (non-hydrogen) atoms. The minimum Gasteiger partial charge on any atom is -0.0538 e. The first kappa shape index (κ1) is 26.9. The van der Waals surface area contributed by atoms with E-state index in [1.54, 1.807) is 0 Å². The second-order valence-electron chi connectivity index (χ2n) is 13.1. The third-order valence-corrected chi connectivity index (χ3v) is 10.2. The number of hydrogen-bond donors (Lipinski definition) is 0. The Hall–Kier alpha value is -6.24. The lowest BCUT2D eigenvalue weighted by Crippen LogP contribution is -1.78. The maximum atomic E-state index is 2.33. The van der Waals surface area contributed by atoms with Crippen molar-refractivity contribution in [1.82, 2.24) is 0 Å². The van der Waals surface area contributed by atoms with Gasteiger partial charge in [0.25, 0.3) is 0 Å². The second kappa shape index (κ2) is 10.7. The van der Waals surface area contributed by atoms with Crippen molar-refractivity contribution < 1.29 is 0 Å². The first-order chi connectivity index (χ1) is 23.7. The first-order valence-electron chi connectivity index (χ1n) is 16.6. The average molecular weight is 607 g/mol. The van der Waals surface area contributed by atoms with Crippen LogP contribution in [0.3, 0.4) is 0 Å². The molecular formula is C48H30. The van der Waals surface area contributed by atoms with Crippen LogP contribution in [0.4, 0.5) is 0 Å². The average Bonchev–Trinajstić information content (AvgIpc) is 3.17. The van der Waals surface area contributed by atoms with E-state index in [0.717, 1.165) is 0 Å². The summed E-state index contributed by atoms with van der Waals surface area (Å²) >= 11 is 0. The van der Waals surface area contributed by atoms with Crippen LogP contribution in [0.25, 0.3) is 97.0 Å². The molecule has 0 aliphatic carbocycles. The van der Waals surface area contributed by atoms with Crippen LogP contribution in [0.15, 0.2) is 182 Å². The van der Waals surface area contributed by atoms with Crippen LogP contribution in [0.5, 0.6) is 0 Å². The summed E-state index contributed by atoms with van der Waals surface area (Å²) in [7, 11) is 0. The lowest BCUT2D eigenvalue weighted by Gasteiger charge is -2.05. The first-order valence-corrected chi connectivity index (χ1v) is 16.6. The highest BCUT2D eigenvalue weighted by molar-refractivity contribution is 6.04. The van der Waals surface area contributed by atoms with Gasteiger partial charge in [-0.15, -0.1) is 0 Å². The van der Waals surface area contributed by atoms with Gasteiger partial charge in [-0.25, -0.2) is 0 Å². The summed E-state index contributed by atoms with van der Waals surface area (Å²) in [5, 5.41) is 21.8. The van der Waals surface area contributed by atoms with Crippen molar-refractivity contribution in [1.29, 1.82) is 0 Å². The molecule has 0 nitrogen and oxygen atoms in total. The summed E-state index contributed by atoms with van der Waals surface area (Å²) in [6, 6.07) is 68.2. The lowest BCUT2D eigenvalue weighted by atomic mass is 10.00. The van der Waals surface area contributed by atoms with Gasteiger partial charge in [-0.3, -0.25) is 0 Å².